The van der Waals surface area contributed by atoms with Crippen LogP contribution in [0.3, 0.4) is 0 Å². The van der Waals surface area contributed by atoms with Gasteiger partial charge in [-0.15, -0.1) is 0 Å². The van der Waals surface area contributed by atoms with E-state index in [4.69, 9.17) is 15.2 Å². The molecule has 6 nitrogen and oxygen atoms in total. The van der Waals surface area contributed by atoms with Crippen LogP contribution in [0.5, 0.6) is 11.5 Å². The van der Waals surface area contributed by atoms with Crippen LogP contribution in [0.15, 0.2) is 42.5 Å². The van der Waals surface area contributed by atoms with Gasteiger partial charge in [-0.1, -0.05) is 24.8 Å². The SMILES string of the molecule is COc1ccc([C@@H]2CN(C(=O)CN)C[C@@]2(C)[C@@H](C)O)cc1OCC#Cc1ccc(C(F)(F)F)cc1. The molecular weight excluding hydrogens is 461 g/mol. The average molecular weight is 491 g/mol. The van der Waals surface area contributed by atoms with Gasteiger partial charge in [0.05, 0.1) is 25.3 Å². The van der Waals surface area contributed by atoms with E-state index in [1.807, 2.05) is 13.0 Å². The summed E-state index contributed by atoms with van der Waals surface area (Å²) in [6.07, 6.45) is -5.07. The quantitative estimate of drug-likeness (QED) is 0.607. The highest BCUT2D eigenvalue weighted by Crippen LogP contribution is 2.46. The fraction of sp³-hybridized carbons (Fsp3) is 0.423. The number of benzene rings is 2. The standard InChI is InChI=1S/C26H29F3N2O4/c1-17(32)25(2)16-31(24(33)14-30)15-21(25)19-8-11-22(34-3)23(13-19)35-12-4-5-18-6-9-20(10-7-18)26(27,28)29/h6-11,13,17,21,32H,12,14-16,30H2,1-3H3/t17-,21+,25+/m1/s1. The fourth-order valence-electron chi connectivity index (χ4n) is 4.26. The molecule has 0 radical (unpaired) electrons. The Morgan fingerprint density at radius 2 is 1.94 bits per heavy atom. The van der Waals surface area contributed by atoms with Crippen LogP contribution in [0, 0.1) is 17.3 Å². The van der Waals surface area contributed by atoms with Crippen LogP contribution in [-0.2, 0) is 11.0 Å². The lowest BCUT2D eigenvalue weighted by Gasteiger charge is -2.33. The van der Waals surface area contributed by atoms with Gasteiger partial charge in [-0.25, -0.2) is 0 Å². The Hall–Kier alpha value is -3.22. The van der Waals surface area contributed by atoms with Crippen LogP contribution in [0.25, 0.3) is 0 Å². The molecule has 0 aliphatic carbocycles. The number of aliphatic hydroxyl groups excluding tert-OH is 1. The number of carbonyl (C=O) groups excluding carboxylic acids is 1. The van der Waals surface area contributed by atoms with Gasteiger partial charge in [0.25, 0.3) is 0 Å². The summed E-state index contributed by atoms with van der Waals surface area (Å²) < 4.78 is 49.3. The zero-order valence-corrected chi connectivity index (χ0v) is 19.9. The molecule has 1 fully saturated rings. The summed E-state index contributed by atoms with van der Waals surface area (Å²) in [7, 11) is 1.51. The summed E-state index contributed by atoms with van der Waals surface area (Å²) in [5, 5.41) is 10.5. The average Bonchev–Trinajstić information content (AvgIpc) is 3.20. The summed E-state index contributed by atoms with van der Waals surface area (Å²) in [5.74, 6) is 6.15. The third-order valence-electron chi connectivity index (χ3n) is 6.55. The summed E-state index contributed by atoms with van der Waals surface area (Å²) in [6.45, 7) is 4.32. The topological polar surface area (TPSA) is 85.0 Å². The van der Waals surface area contributed by atoms with E-state index in [9.17, 15) is 23.1 Å². The molecule has 35 heavy (non-hydrogen) atoms. The van der Waals surface area contributed by atoms with Gasteiger partial charge in [0.2, 0.25) is 5.91 Å². The van der Waals surface area contributed by atoms with Crippen LogP contribution >= 0.6 is 0 Å². The second-order valence-corrected chi connectivity index (χ2v) is 8.79. The van der Waals surface area contributed by atoms with E-state index < -0.39 is 23.3 Å². The zero-order valence-electron chi connectivity index (χ0n) is 19.9. The molecule has 2 aromatic rings. The highest BCUT2D eigenvalue weighted by atomic mass is 19.4. The van der Waals surface area contributed by atoms with Gasteiger partial charge >= 0.3 is 6.18 Å². The molecule has 188 valence electrons. The molecule has 3 rings (SSSR count). The van der Waals surface area contributed by atoms with E-state index in [1.165, 1.54) is 19.2 Å². The number of hydrogen-bond acceptors (Lipinski definition) is 5. The number of alkyl halides is 3. The minimum atomic E-state index is -4.39. The first-order valence-electron chi connectivity index (χ1n) is 11.1. The van der Waals surface area contributed by atoms with Crippen molar-refractivity contribution in [3.63, 3.8) is 0 Å². The second kappa shape index (κ2) is 10.6. The Kier molecular flexibility index (Phi) is 7.98. The summed E-state index contributed by atoms with van der Waals surface area (Å²) in [6, 6.07) is 10.0. The number of rotatable bonds is 6. The molecule has 0 aromatic heterocycles. The third kappa shape index (κ3) is 5.89. The Morgan fingerprint density at radius 3 is 2.51 bits per heavy atom. The lowest BCUT2D eigenvalue weighted by Crippen LogP contribution is -2.39. The van der Waals surface area contributed by atoms with Crippen molar-refractivity contribution >= 4 is 5.91 Å². The van der Waals surface area contributed by atoms with Crippen LogP contribution in [-0.4, -0.2) is 55.4 Å². The fourth-order valence-corrected chi connectivity index (χ4v) is 4.26. The van der Waals surface area contributed by atoms with Gasteiger partial charge in [0.1, 0.15) is 6.61 Å². The molecule has 1 aliphatic heterocycles. The van der Waals surface area contributed by atoms with E-state index in [-0.39, 0.29) is 25.0 Å². The predicted octanol–water partition coefficient (Wildman–Crippen LogP) is 3.42. The van der Waals surface area contributed by atoms with Crippen molar-refractivity contribution in [2.75, 3.05) is 33.4 Å². The van der Waals surface area contributed by atoms with Crippen molar-refractivity contribution in [2.24, 2.45) is 11.1 Å². The third-order valence-corrected chi connectivity index (χ3v) is 6.55. The molecule has 1 amide bonds. The minimum Gasteiger partial charge on any atom is -0.493 e. The van der Waals surface area contributed by atoms with Crippen LogP contribution in [0.1, 0.15) is 36.5 Å². The van der Waals surface area contributed by atoms with Gasteiger partial charge in [-0.2, -0.15) is 13.2 Å². The van der Waals surface area contributed by atoms with E-state index >= 15 is 0 Å². The largest absolute Gasteiger partial charge is 0.493 e. The molecule has 0 bridgehead atoms. The molecular formula is C26H29F3N2O4. The first-order chi connectivity index (χ1) is 16.5. The molecule has 9 heteroatoms. The molecule has 0 unspecified atom stereocenters. The lowest BCUT2D eigenvalue weighted by atomic mass is 9.72. The molecule has 0 spiro atoms. The minimum absolute atomic E-state index is 0.0169. The Balaban J connectivity index is 1.78. The number of methoxy groups -OCH3 is 1. The van der Waals surface area contributed by atoms with Crippen molar-refractivity contribution in [1.29, 1.82) is 0 Å². The number of ether oxygens (including phenoxy) is 2. The van der Waals surface area contributed by atoms with Gasteiger partial charge in [-0.3, -0.25) is 4.79 Å². The maximum absolute atomic E-state index is 12.7. The van der Waals surface area contributed by atoms with Gasteiger partial charge in [0, 0.05) is 30.0 Å². The van der Waals surface area contributed by atoms with Crippen LogP contribution in [0.2, 0.25) is 0 Å². The number of nitrogens with two attached hydrogens (primary N) is 1. The van der Waals surface area contributed by atoms with Crippen molar-refractivity contribution < 1.29 is 32.5 Å². The number of carbonyl (C=O) groups is 1. The summed E-state index contributed by atoms with van der Waals surface area (Å²) in [4.78, 5) is 13.9. The smallest absolute Gasteiger partial charge is 0.416 e. The highest BCUT2D eigenvalue weighted by Gasteiger charge is 2.48. The molecule has 3 N–H and O–H groups in total. The number of amides is 1. The van der Waals surface area contributed by atoms with Gasteiger partial charge < -0.3 is 25.2 Å². The molecule has 3 atom stereocenters. The lowest BCUT2D eigenvalue weighted by molar-refractivity contribution is -0.137. The van der Waals surface area contributed by atoms with E-state index in [2.05, 4.69) is 11.8 Å². The zero-order chi connectivity index (χ0) is 25.8. The molecule has 1 saturated heterocycles. The van der Waals surface area contributed by atoms with Crippen LogP contribution < -0.4 is 15.2 Å². The summed E-state index contributed by atoms with van der Waals surface area (Å²) in [5.41, 5.74) is 5.53. The number of aliphatic hydroxyl groups is 1. The van der Waals surface area contributed by atoms with E-state index in [1.54, 1.807) is 24.0 Å². The Morgan fingerprint density at radius 1 is 1.26 bits per heavy atom. The highest BCUT2D eigenvalue weighted by molar-refractivity contribution is 5.78. The molecule has 1 heterocycles. The second-order valence-electron chi connectivity index (χ2n) is 8.79. The Labute approximate surface area is 202 Å². The van der Waals surface area contributed by atoms with Crippen molar-refractivity contribution in [3.8, 4) is 23.3 Å². The van der Waals surface area contributed by atoms with Crippen LogP contribution in [0.4, 0.5) is 13.2 Å². The molecule has 2 aromatic carbocycles. The number of halogens is 3. The van der Waals surface area contributed by atoms with E-state index in [0.29, 0.717) is 30.2 Å². The van der Waals surface area contributed by atoms with Gasteiger partial charge in [-0.05, 0) is 48.9 Å². The summed E-state index contributed by atoms with van der Waals surface area (Å²) >= 11 is 0. The van der Waals surface area contributed by atoms with E-state index in [0.717, 1.165) is 17.7 Å². The Bertz CT molecular complexity index is 1110. The van der Waals surface area contributed by atoms with Crippen molar-refractivity contribution in [1.82, 2.24) is 4.90 Å². The molecule has 1 aliphatic rings. The maximum atomic E-state index is 12.7. The first kappa shape index (κ1) is 26.4. The van der Waals surface area contributed by atoms with Gasteiger partial charge in [0.15, 0.2) is 11.5 Å². The monoisotopic (exact) mass is 490 g/mol. The first-order valence-corrected chi connectivity index (χ1v) is 11.1. The maximum Gasteiger partial charge on any atom is 0.416 e. The van der Waals surface area contributed by atoms with Crippen molar-refractivity contribution in [2.45, 2.75) is 32.0 Å². The predicted molar refractivity (Wildman–Crippen MR) is 125 cm³/mol. The molecule has 0 saturated carbocycles. The number of likely N-dealkylation sites (tertiary alicyclic amines) is 1. The van der Waals surface area contributed by atoms with Crippen molar-refractivity contribution in [3.05, 3.63) is 59.2 Å². The number of hydrogen-bond donors (Lipinski definition) is 2. The number of nitrogens with zero attached hydrogens (tertiary/aromatic N) is 1. The normalized spacial score (nSPS) is 20.7.